The zero-order valence-corrected chi connectivity index (χ0v) is 15.0. The number of nitrogens with one attached hydrogen (secondary N) is 1. The summed E-state index contributed by atoms with van der Waals surface area (Å²) in [5, 5.41) is 14.3. The Morgan fingerprint density at radius 1 is 1.46 bits per heavy atom. The van der Waals surface area contributed by atoms with E-state index in [1.54, 1.807) is 29.3 Å². The lowest BCUT2D eigenvalue weighted by atomic mass is 9.89. The lowest BCUT2D eigenvalue weighted by Crippen LogP contribution is -2.64. The molecule has 1 atom stereocenters. The van der Waals surface area contributed by atoms with Crippen molar-refractivity contribution in [3.63, 3.8) is 0 Å². The predicted molar refractivity (Wildman–Crippen MR) is 95.7 cm³/mol. The van der Waals surface area contributed by atoms with E-state index in [1.807, 2.05) is 11.2 Å². The Labute approximate surface area is 152 Å². The predicted octanol–water partition coefficient (Wildman–Crippen LogP) is 2.17. The highest BCUT2D eigenvalue weighted by Gasteiger charge is 2.50. The SMILES string of the molecule is CC[S+]([O-])N1CC(CC#N)(n2cc(-c3c(F)cnc4[nH]ccc34)cn2)C1. The fourth-order valence-electron chi connectivity index (χ4n) is 3.41. The van der Waals surface area contributed by atoms with Crippen molar-refractivity contribution in [1.29, 1.82) is 5.26 Å². The minimum atomic E-state index is -1.04. The third kappa shape index (κ3) is 2.58. The number of halogens is 1. The second kappa shape index (κ2) is 6.39. The molecule has 3 aromatic heterocycles. The Balaban J connectivity index is 1.70. The van der Waals surface area contributed by atoms with Crippen LogP contribution in [-0.2, 0) is 16.9 Å². The summed E-state index contributed by atoms with van der Waals surface area (Å²) in [6, 6.07) is 3.97. The van der Waals surface area contributed by atoms with E-state index in [9.17, 15) is 14.2 Å². The van der Waals surface area contributed by atoms with Crippen molar-refractivity contribution < 1.29 is 8.94 Å². The van der Waals surface area contributed by atoms with Gasteiger partial charge in [-0.3, -0.25) is 4.68 Å². The molecule has 7 nitrogen and oxygen atoms in total. The molecule has 0 amide bonds. The highest BCUT2D eigenvalue weighted by Crippen LogP contribution is 2.36. The molecule has 3 aromatic rings. The minimum Gasteiger partial charge on any atom is -0.598 e. The van der Waals surface area contributed by atoms with Crippen molar-refractivity contribution in [1.82, 2.24) is 24.1 Å². The standard InChI is InChI=1S/C17H17FN6OS/c1-2-26(25)23-10-17(11-23,4-5-19)24-9-12(7-22-24)15-13-3-6-20-16(13)21-8-14(15)18/h3,6-9H,2,4,10-11H2,1H3,(H,20,21). The molecule has 0 saturated carbocycles. The summed E-state index contributed by atoms with van der Waals surface area (Å²) in [6.45, 7) is 2.84. The quantitative estimate of drug-likeness (QED) is 0.693. The van der Waals surface area contributed by atoms with Gasteiger partial charge in [0.25, 0.3) is 0 Å². The first-order valence-corrected chi connectivity index (χ1v) is 9.53. The Bertz CT molecular complexity index is 987. The number of aromatic nitrogens is 4. The van der Waals surface area contributed by atoms with Crippen LogP contribution in [0.1, 0.15) is 13.3 Å². The van der Waals surface area contributed by atoms with Gasteiger partial charge in [-0.05, 0) is 13.0 Å². The second-order valence-corrected chi connectivity index (χ2v) is 8.10. The molecule has 1 aliphatic heterocycles. The lowest BCUT2D eigenvalue weighted by molar-refractivity contribution is 0.0719. The summed E-state index contributed by atoms with van der Waals surface area (Å²) < 4.78 is 29.9. The van der Waals surface area contributed by atoms with Crippen molar-refractivity contribution in [3.05, 3.63) is 36.7 Å². The van der Waals surface area contributed by atoms with Crippen molar-refractivity contribution in [3.8, 4) is 17.2 Å². The van der Waals surface area contributed by atoms with Crippen molar-refractivity contribution in [2.24, 2.45) is 0 Å². The van der Waals surface area contributed by atoms with Gasteiger partial charge in [0.1, 0.15) is 22.8 Å². The monoisotopic (exact) mass is 372 g/mol. The molecule has 0 radical (unpaired) electrons. The summed E-state index contributed by atoms with van der Waals surface area (Å²) in [7, 11) is 0. The van der Waals surface area contributed by atoms with Crippen LogP contribution in [-0.4, -0.2) is 47.4 Å². The molecule has 0 aliphatic carbocycles. The Kier molecular flexibility index (Phi) is 4.19. The van der Waals surface area contributed by atoms with Crippen LogP contribution in [0.2, 0.25) is 0 Å². The van der Waals surface area contributed by atoms with Gasteiger partial charge >= 0.3 is 0 Å². The van der Waals surface area contributed by atoms with Gasteiger partial charge < -0.3 is 9.54 Å². The van der Waals surface area contributed by atoms with E-state index in [-0.39, 0.29) is 6.42 Å². The molecule has 4 rings (SSSR count). The average Bonchev–Trinajstić information content (AvgIpc) is 3.26. The maximum absolute atomic E-state index is 14.4. The molecule has 1 saturated heterocycles. The fourth-order valence-corrected chi connectivity index (χ4v) is 4.54. The Hall–Kier alpha value is -2.41. The highest BCUT2D eigenvalue weighted by molar-refractivity contribution is 7.89. The van der Waals surface area contributed by atoms with Gasteiger partial charge in [0.05, 0.1) is 38.0 Å². The van der Waals surface area contributed by atoms with Gasteiger partial charge in [0, 0.05) is 40.3 Å². The summed E-state index contributed by atoms with van der Waals surface area (Å²) in [4.78, 5) is 7.01. The minimum absolute atomic E-state index is 0.254. The third-order valence-corrected chi connectivity index (χ3v) is 6.11. The molecule has 1 unspecified atom stereocenters. The first kappa shape index (κ1) is 17.0. The van der Waals surface area contributed by atoms with Crippen LogP contribution < -0.4 is 0 Å². The molecule has 1 aliphatic rings. The number of hydrogen-bond acceptors (Lipinski definition) is 5. The smallest absolute Gasteiger partial charge is 0.150 e. The molecule has 134 valence electrons. The fraction of sp³-hybridized carbons (Fsp3) is 0.353. The lowest BCUT2D eigenvalue weighted by Gasteiger charge is -2.47. The number of rotatable bonds is 5. The summed E-state index contributed by atoms with van der Waals surface area (Å²) >= 11 is -1.04. The van der Waals surface area contributed by atoms with Gasteiger partial charge in [-0.15, -0.1) is 4.31 Å². The van der Waals surface area contributed by atoms with E-state index >= 15 is 0 Å². The van der Waals surface area contributed by atoms with Crippen LogP contribution in [0.15, 0.2) is 30.9 Å². The zero-order chi connectivity index (χ0) is 18.3. The van der Waals surface area contributed by atoms with Gasteiger partial charge in [-0.1, -0.05) is 0 Å². The molecule has 4 heterocycles. The van der Waals surface area contributed by atoms with Crippen molar-refractivity contribution >= 4 is 22.4 Å². The summed E-state index contributed by atoms with van der Waals surface area (Å²) in [5.41, 5.74) is 1.14. The zero-order valence-electron chi connectivity index (χ0n) is 14.1. The second-order valence-electron chi connectivity index (χ2n) is 6.36. The molecule has 1 fully saturated rings. The molecule has 0 bridgehead atoms. The number of H-pyrrole nitrogens is 1. The first-order chi connectivity index (χ1) is 12.6. The number of pyridine rings is 1. The van der Waals surface area contributed by atoms with E-state index in [2.05, 4.69) is 21.1 Å². The van der Waals surface area contributed by atoms with Gasteiger partial charge in [0.2, 0.25) is 0 Å². The maximum atomic E-state index is 14.4. The van der Waals surface area contributed by atoms with Gasteiger partial charge in [0.15, 0.2) is 0 Å². The van der Waals surface area contributed by atoms with Crippen molar-refractivity contribution in [2.75, 3.05) is 18.8 Å². The number of nitrogens with zero attached hydrogens (tertiary/aromatic N) is 5. The van der Waals surface area contributed by atoms with E-state index in [0.717, 1.165) is 0 Å². The molecular weight excluding hydrogens is 355 g/mol. The number of aromatic amines is 1. The average molecular weight is 372 g/mol. The van der Waals surface area contributed by atoms with Crippen molar-refractivity contribution in [2.45, 2.75) is 18.9 Å². The normalized spacial score (nSPS) is 17.8. The molecule has 26 heavy (non-hydrogen) atoms. The largest absolute Gasteiger partial charge is 0.598 e. The summed E-state index contributed by atoms with van der Waals surface area (Å²) in [6.07, 6.45) is 6.51. The number of fused-ring (bicyclic) bond motifs is 1. The maximum Gasteiger partial charge on any atom is 0.150 e. The topological polar surface area (TPSA) is 96.6 Å². The molecule has 0 spiro atoms. The van der Waals surface area contributed by atoms with Crippen LogP contribution >= 0.6 is 0 Å². The highest BCUT2D eigenvalue weighted by atomic mass is 32.2. The molecule has 1 N–H and O–H groups in total. The van der Waals surface area contributed by atoms with Crippen LogP contribution in [0.4, 0.5) is 4.39 Å². The first-order valence-electron chi connectivity index (χ1n) is 8.25. The molecule has 0 aromatic carbocycles. The van der Waals surface area contributed by atoms with E-state index in [1.165, 1.54) is 6.20 Å². The van der Waals surface area contributed by atoms with E-state index < -0.39 is 22.7 Å². The van der Waals surface area contributed by atoms with E-state index in [0.29, 0.717) is 41.0 Å². The number of hydrogen-bond donors (Lipinski definition) is 1. The molecule has 9 heteroatoms. The van der Waals surface area contributed by atoms with Crippen LogP contribution in [0.25, 0.3) is 22.2 Å². The van der Waals surface area contributed by atoms with Crippen LogP contribution in [0.3, 0.4) is 0 Å². The van der Waals surface area contributed by atoms with Gasteiger partial charge in [-0.25, -0.2) is 9.37 Å². The van der Waals surface area contributed by atoms with Gasteiger partial charge in [-0.2, -0.15) is 10.4 Å². The molecular formula is C17H17FN6OS. The number of nitriles is 1. The Morgan fingerprint density at radius 3 is 3.00 bits per heavy atom. The Morgan fingerprint density at radius 2 is 2.27 bits per heavy atom. The van der Waals surface area contributed by atoms with Crippen LogP contribution in [0, 0.1) is 17.1 Å². The van der Waals surface area contributed by atoms with Crippen LogP contribution in [0.5, 0.6) is 0 Å². The third-order valence-electron chi connectivity index (χ3n) is 4.78. The summed E-state index contributed by atoms with van der Waals surface area (Å²) in [5.74, 6) is 0.119. The van der Waals surface area contributed by atoms with E-state index in [4.69, 9.17) is 0 Å².